The van der Waals surface area contributed by atoms with Crippen LogP contribution < -0.4 is 27.7 Å². The summed E-state index contributed by atoms with van der Waals surface area (Å²) >= 11 is 0. The second kappa shape index (κ2) is 12.0. The van der Waals surface area contributed by atoms with Gasteiger partial charge in [-0.3, -0.25) is 19.6 Å². The van der Waals surface area contributed by atoms with Crippen molar-refractivity contribution in [3.05, 3.63) is 75.7 Å². The topological polar surface area (TPSA) is 178 Å². The van der Waals surface area contributed by atoms with E-state index in [9.17, 15) is 14.4 Å². The van der Waals surface area contributed by atoms with E-state index in [1.165, 1.54) is 16.8 Å². The number of hydrogen-bond donors (Lipinski definition) is 5. The molecule has 38 heavy (non-hydrogen) atoms. The minimum atomic E-state index is -0.554. The van der Waals surface area contributed by atoms with Crippen LogP contribution in [0.2, 0.25) is 0 Å². The summed E-state index contributed by atoms with van der Waals surface area (Å²) in [6.45, 7) is 7.14. The van der Waals surface area contributed by atoms with Crippen LogP contribution in [0.15, 0.2) is 53.5 Å². The molecule has 11 nitrogen and oxygen atoms in total. The SMILES string of the molecule is CC(C)Nc1ncc(-c2cc(N)cc(C(=O)OC(C)C)c2)n(CC(=O)NCc2ccc(C(=N)N)cc2)c1=O. The molecule has 0 atom stereocenters. The van der Waals surface area contributed by atoms with Crippen molar-refractivity contribution >= 4 is 29.2 Å². The molecule has 1 amide bonds. The Bertz CT molecular complexity index is 1400. The van der Waals surface area contributed by atoms with Crippen LogP contribution in [0.1, 0.15) is 49.2 Å². The van der Waals surface area contributed by atoms with E-state index in [-0.39, 0.29) is 42.5 Å². The number of nitrogens with one attached hydrogen (secondary N) is 3. The maximum Gasteiger partial charge on any atom is 0.338 e. The first-order chi connectivity index (χ1) is 17.9. The molecule has 0 aliphatic carbocycles. The number of nitrogens with two attached hydrogens (primary N) is 2. The summed E-state index contributed by atoms with van der Waals surface area (Å²) in [4.78, 5) is 43.1. The van der Waals surface area contributed by atoms with Gasteiger partial charge in [0.1, 0.15) is 12.4 Å². The zero-order valence-corrected chi connectivity index (χ0v) is 21.9. The van der Waals surface area contributed by atoms with E-state index in [2.05, 4.69) is 15.6 Å². The number of rotatable bonds is 10. The van der Waals surface area contributed by atoms with Gasteiger partial charge in [0.15, 0.2) is 5.82 Å². The third kappa shape index (κ3) is 7.19. The first-order valence-corrected chi connectivity index (χ1v) is 12.1. The predicted molar refractivity (Wildman–Crippen MR) is 147 cm³/mol. The van der Waals surface area contributed by atoms with Gasteiger partial charge in [-0.15, -0.1) is 0 Å². The number of nitrogen functional groups attached to an aromatic ring is 2. The van der Waals surface area contributed by atoms with Gasteiger partial charge in [0, 0.05) is 29.4 Å². The van der Waals surface area contributed by atoms with Crippen LogP contribution >= 0.6 is 0 Å². The van der Waals surface area contributed by atoms with E-state index in [0.29, 0.717) is 22.5 Å². The fraction of sp³-hybridized carbons (Fsp3) is 0.296. The van der Waals surface area contributed by atoms with Crippen LogP contribution in [0, 0.1) is 5.41 Å². The highest BCUT2D eigenvalue weighted by Gasteiger charge is 2.18. The summed E-state index contributed by atoms with van der Waals surface area (Å²) in [5.41, 5.74) is 13.7. The molecule has 3 rings (SSSR count). The van der Waals surface area contributed by atoms with Gasteiger partial charge >= 0.3 is 5.97 Å². The molecule has 0 radical (unpaired) electrons. The van der Waals surface area contributed by atoms with Crippen molar-refractivity contribution in [2.45, 2.75) is 52.9 Å². The minimum Gasteiger partial charge on any atom is -0.459 e. The Balaban J connectivity index is 1.94. The Kier molecular flexibility index (Phi) is 8.85. The number of benzene rings is 2. The number of esters is 1. The monoisotopic (exact) mass is 519 g/mol. The van der Waals surface area contributed by atoms with Crippen LogP contribution in [0.3, 0.4) is 0 Å². The number of carbonyl (C=O) groups excluding carboxylic acids is 2. The molecule has 0 aliphatic rings. The van der Waals surface area contributed by atoms with Gasteiger partial charge < -0.3 is 26.8 Å². The van der Waals surface area contributed by atoms with Gasteiger partial charge in [0.05, 0.1) is 23.6 Å². The van der Waals surface area contributed by atoms with Crippen LogP contribution in [0.5, 0.6) is 0 Å². The van der Waals surface area contributed by atoms with E-state index < -0.39 is 17.4 Å². The highest BCUT2D eigenvalue weighted by molar-refractivity contribution is 5.95. The van der Waals surface area contributed by atoms with Crippen molar-refractivity contribution in [3.8, 4) is 11.3 Å². The van der Waals surface area contributed by atoms with Crippen molar-refractivity contribution in [3.63, 3.8) is 0 Å². The first-order valence-electron chi connectivity index (χ1n) is 12.1. The van der Waals surface area contributed by atoms with Crippen LogP contribution in [0.4, 0.5) is 11.5 Å². The van der Waals surface area contributed by atoms with E-state index in [1.54, 1.807) is 50.2 Å². The summed E-state index contributed by atoms with van der Waals surface area (Å²) in [6.07, 6.45) is 1.14. The lowest BCUT2D eigenvalue weighted by Gasteiger charge is -2.17. The average Bonchev–Trinajstić information content (AvgIpc) is 2.84. The molecule has 0 saturated heterocycles. The first kappa shape index (κ1) is 27.9. The molecule has 3 aromatic rings. The molecule has 7 N–H and O–H groups in total. The van der Waals surface area contributed by atoms with Crippen LogP contribution in [-0.4, -0.2) is 39.4 Å². The molecule has 0 bridgehead atoms. The number of ether oxygens (including phenoxy) is 1. The average molecular weight is 520 g/mol. The molecule has 11 heteroatoms. The lowest BCUT2D eigenvalue weighted by molar-refractivity contribution is -0.121. The molecular weight excluding hydrogens is 486 g/mol. The Morgan fingerprint density at radius 1 is 1.08 bits per heavy atom. The molecule has 0 saturated carbocycles. The molecule has 0 aliphatic heterocycles. The smallest absolute Gasteiger partial charge is 0.338 e. The van der Waals surface area contributed by atoms with E-state index in [4.69, 9.17) is 21.6 Å². The maximum absolute atomic E-state index is 13.4. The van der Waals surface area contributed by atoms with Crippen molar-refractivity contribution in [1.82, 2.24) is 14.9 Å². The van der Waals surface area contributed by atoms with Crippen molar-refractivity contribution in [1.29, 1.82) is 5.41 Å². The molecule has 1 heterocycles. The summed E-state index contributed by atoms with van der Waals surface area (Å²) in [5, 5.41) is 13.3. The lowest BCUT2D eigenvalue weighted by Crippen LogP contribution is -2.35. The highest BCUT2D eigenvalue weighted by Crippen LogP contribution is 2.24. The van der Waals surface area contributed by atoms with E-state index in [1.807, 2.05) is 13.8 Å². The van der Waals surface area contributed by atoms with Crippen molar-refractivity contribution < 1.29 is 14.3 Å². The number of amides is 1. The quantitative estimate of drug-likeness (QED) is 0.117. The Labute approximate surface area is 220 Å². The summed E-state index contributed by atoms with van der Waals surface area (Å²) in [5.74, 6) is -0.908. The van der Waals surface area contributed by atoms with E-state index in [0.717, 1.165) is 5.56 Å². The fourth-order valence-electron chi connectivity index (χ4n) is 3.65. The van der Waals surface area contributed by atoms with Crippen LogP contribution in [0.25, 0.3) is 11.3 Å². The standard InChI is InChI=1S/C27H33N7O4/c1-15(2)33-25-26(36)34(14-23(35)31-12-17-5-7-18(8-6-17)24(29)30)22(13-32-25)19-9-20(11-21(28)10-19)27(37)38-16(3)4/h5-11,13,15-16H,12,14,28H2,1-4H3,(H3,29,30)(H,31,35)(H,32,33). The molecule has 2 aromatic carbocycles. The normalized spacial score (nSPS) is 10.9. The van der Waals surface area contributed by atoms with Gasteiger partial charge in [-0.1, -0.05) is 24.3 Å². The lowest BCUT2D eigenvalue weighted by atomic mass is 10.1. The number of hydrogen-bond acceptors (Lipinski definition) is 8. The number of carbonyl (C=O) groups is 2. The minimum absolute atomic E-state index is 0.0434. The van der Waals surface area contributed by atoms with Gasteiger partial charge in [-0.2, -0.15) is 0 Å². The second-order valence-corrected chi connectivity index (χ2v) is 9.37. The number of amidine groups is 1. The third-order valence-electron chi connectivity index (χ3n) is 5.37. The predicted octanol–water partition coefficient (Wildman–Crippen LogP) is 2.48. The van der Waals surface area contributed by atoms with Crippen LogP contribution in [-0.2, 0) is 22.6 Å². The highest BCUT2D eigenvalue weighted by atomic mass is 16.5. The molecule has 0 unspecified atom stereocenters. The van der Waals surface area contributed by atoms with Crippen molar-refractivity contribution in [2.24, 2.45) is 5.73 Å². The Morgan fingerprint density at radius 2 is 1.76 bits per heavy atom. The van der Waals surface area contributed by atoms with Crippen molar-refractivity contribution in [2.75, 3.05) is 11.1 Å². The number of anilines is 2. The van der Waals surface area contributed by atoms with Gasteiger partial charge in [0.25, 0.3) is 5.56 Å². The zero-order chi connectivity index (χ0) is 28.0. The maximum atomic E-state index is 13.4. The van der Waals surface area contributed by atoms with Gasteiger partial charge in [0.2, 0.25) is 5.91 Å². The summed E-state index contributed by atoms with van der Waals surface area (Å²) in [6, 6.07) is 11.5. The van der Waals surface area contributed by atoms with Gasteiger partial charge in [-0.05, 0) is 51.5 Å². The number of nitrogens with zero attached hydrogens (tertiary/aromatic N) is 2. The molecule has 200 valence electrons. The fourth-order valence-corrected chi connectivity index (χ4v) is 3.65. The number of aromatic nitrogens is 2. The Morgan fingerprint density at radius 3 is 2.37 bits per heavy atom. The molecular formula is C27H33N7O4. The molecule has 1 aromatic heterocycles. The largest absolute Gasteiger partial charge is 0.459 e. The van der Waals surface area contributed by atoms with E-state index >= 15 is 0 Å². The molecule has 0 spiro atoms. The Hall–Kier alpha value is -4.67. The second-order valence-electron chi connectivity index (χ2n) is 9.37. The zero-order valence-electron chi connectivity index (χ0n) is 21.9. The molecule has 0 fully saturated rings. The summed E-state index contributed by atoms with van der Waals surface area (Å²) < 4.78 is 6.58. The third-order valence-corrected chi connectivity index (χ3v) is 5.37. The summed E-state index contributed by atoms with van der Waals surface area (Å²) in [7, 11) is 0. The van der Waals surface area contributed by atoms with Gasteiger partial charge in [-0.25, -0.2) is 9.78 Å².